The fourth-order valence-corrected chi connectivity index (χ4v) is 3.35. The van der Waals surface area contributed by atoms with Crippen molar-refractivity contribution in [1.29, 1.82) is 0 Å². The average Bonchev–Trinajstić information content (AvgIpc) is 2.72. The standard InChI is InChI=1S/C13H26N2/c1-4-13-12-8-14-7-11(12)9-15(13)6-5-10(2)3/h10-14H,4-9H2,1-3H3. The molecule has 3 atom stereocenters. The highest BCUT2D eigenvalue weighted by Crippen LogP contribution is 2.34. The van der Waals surface area contributed by atoms with E-state index >= 15 is 0 Å². The summed E-state index contributed by atoms with van der Waals surface area (Å²) in [7, 11) is 0. The first-order chi connectivity index (χ1) is 7.22. The van der Waals surface area contributed by atoms with E-state index in [4.69, 9.17) is 0 Å². The van der Waals surface area contributed by atoms with Gasteiger partial charge in [0, 0.05) is 12.6 Å². The molecule has 2 nitrogen and oxygen atoms in total. The van der Waals surface area contributed by atoms with E-state index in [-0.39, 0.29) is 0 Å². The molecule has 0 saturated carbocycles. The molecule has 2 aliphatic rings. The monoisotopic (exact) mass is 210 g/mol. The van der Waals surface area contributed by atoms with Crippen LogP contribution in [0.1, 0.15) is 33.6 Å². The molecule has 2 rings (SSSR count). The SMILES string of the molecule is CCC1C2CNCC2CN1CCC(C)C. The largest absolute Gasteiger partial charge is 0.316 e. The summed E-state index contributed by atoms with van der Waals surface area (Å²) in [4.78, 5) is 2.76. The zero-order valence-corrected chi connectivity index (χ0v) is 10.5. The fourth-order valence-electron chi connectivity index (χ4n) is 3.35. The minimum atomic E-state index is 0.848. The van der Waals surface area contributed by atoms with E-state index in [0.717, 1.165) is 23.8 Å². The van der Waals surface area contributed by atoms with Crippen LogP contribution < -0.4 is 5.32 Å². The van der Waals surface area contributed by atoms with Crippen molar-refractivity contribution in [2.75, 3.05) is 26.2 Å². The third-order valence-electron chi connectivity index (χ3n) is 4.24. The summed E-state index contributed by atoms with van der Waals surface area (Å²) >= 11 is 0. The molecule has 0 bridgehead atoms. The van der Waals surface area contributed by atoms with Crippen LogP contribution >= 0.6 is 0 Å². The Hall–Kier alpha value is -0.0800. The quantitative estimate of drug-likeness (QED) is 0.763. The number of nitrogens with zero attached hydrogens (tertiary/aromatic N) is 1. The second-order valence-electron chi connectivity index (χ2n) is 5.74. The molecule has 2 heterocycles. The summed E-state index contributed by atoms with van der Waals surface area (Å²) in [6, 6.07) is 0.865. The van der Waals surface area contributed by atoms with E-state index in [0.29, 0.717) is 0 Å². The van der Waals surface area contributed by atoms with Crippen LogP contribution in [0.25, 0.3) is 0 Å². The molecule has 15 heavy (non-hydrogen) atoms. The third-order valence-corrected chi connectivity index (χ3v) is 4.24. The Kier molecular flexibility index (Phi) is 3.68. The molecule has 0 aromatic heterocycles. The highest BCUT2D eigenvalue weighted by atomic mass is 15.2. The van der Waals surface area contributed by atoms with Crippen molar-refractivity contribution in [3.63, 3.8) is 0 Å². The number of hydrogen-bond donors (Lipinski definition) is 1. The predicted octanol–water partition coefficient (Wildman–Crippen LogP) is 1.96. The van der Waals surface area contributed by atoms with Gasteiger partial charge in [0.05, 0.1) is 0 Å². The number of nitrogens with one attached hydrogen (secondary N) is 1. The van der Waals surface area contributed by atoms with Crippen LogP contribution in [0.4, 0.5) is 0 Å². The maximum absolute atomic E-state index is 3.55. The van der Waals surface area contributed by atoms with Crippen LogP contribution in [0.5, 0.6) is 0 Å². The van der Waals surface area contributed by atoms with Crippen LogP contribution in [-0.4, -0.2) is 37.1 Å². The van der Waals surface area contributed by atoms with E-state index in [1.54, 1.807) is 0 Å². The van der Waals surface area contributed by atoms with Gasteiger partial charge < -0.3 is 5.32 Å². The van der Waals surface area contributed by atoms with Crippen molar-refractivity contribution >= 4 is 0 Å². The molecule has 0 amide bonds. The van der Waals surface area contributed by atoms with Crippen LogP contribution in [0.2, 0.25) is 0 Å². The normalized spacial score (nSPS) is 36.4. The molecular formula is C13H26N2. The zero-order valence-electron chi connectivity index (χ0n) is 10.5. The molecule has 0 aliphatic carbocycles. The first-order valence-corrected chi connectivity index (χ1v) is 6.67. The Morgan fingerprint density at radius 3 is 2.80 bits per heavy atom. The first kappa shape index (κ1) is 11.4. The van der Waals surface area contributed by atoms with Crippen LogP contribution in [0.3, 0.4) is 0 Å². The van der Waals surface area contributed by atoms with E-state index in [2.05, 4.69) is 31.0 Å². The molecule has 2 saturated heterocycles. The maximum atomic E-state index is 3.55. The summed E-state index contributed by atoms with van der Waals surface area (Å²) in [5, 5.41) is 3.55. The lowest BCUT2D eigenvalue weighted by Gasteiger charge is -2.27. The molecule has 0 aromatic rings. The van der Waals surface area contributed by atoms with Gasteiger partial charge in [0.25, 0.3) is 0 Å². The van der Waals surface area contributed by atoms with Gasteiger partial charge in [-0.2, -0.15) is 0 Å². The Labute approximate surface area is 94.4 Å². The van der Waals surface area contributed by atoms with Gasteiger partial charge in [-0.15, -0.1) is 0 Å². The summed E-state index contributed by atoms with van der Waals surface area (Å²) in [6.45, 7) is 12.2. The van der Waals surface area contributed by atoms with Gasteiger partial charge in [-0.1, -0.05) is 20.8 Å². The molecular weight excluding hydrogens is 184 g/mol. The maximum Gasteiger partial charge on any atom is 0.0137 e. The van der Waals surface area contributed by atoms with Gasteiger partial charge in [0.2, 0.25) is 0 Å². The second-order valence-corrected chi connectivity index (χ2v) is 5.74. The van der Waals surface area contributed by atoms with Gasteiger partial charge >= 0.3 is 0 Å². The summed E-state index contributed by atoms with van der Waals surface area (Å²) in [5.41, 5.74) is 0. The van der Waals surface area contributed by atoms with E-state index in [1.165, 1.54) is 39.0 Å². The molecule has 2 fully saturated rings. The van der Waals surface area contributed by atoms with E-state index in [1.807, 2.05) is 0 Å². The van der Waals surface area contributed by atoms with Crippen molar-refractivity contribution in [3.8, 4) is 0 Å². The lowest BCUT2D eigenvalue weighted by molar-refractivity contribution is 0.207. The predicted molar refractivity (Wildman–Crippen MR) is 65.0 cm³/mol. The van der Waals surface area contributed by atoms with Gasteiger partial charge in [0.15, 0.2) is 0 Å². The molecule has 1 N–H and O–H groups in total. The molecule has 2 aliphatic heterocycles. The fraction of sp³-hybridized carbons (Fsp3) is 1.00. The van der Waals surface area contributed by atoms with Crippen LogP contribution in [0.15, 0.2) is 0 Å². The second kappa shape index (κ2) is 4.84. The number of likely N-dealkylation sites (tertiary alicyclic amines) is 1. The van der Waals surface area contributed by atoms with Gasteiger partial charge in [-0.25, -0.2) is 0 Å². The highest BCUT2D eigenvalue weighted by molar-refractivity contribution is 4.97. The van der Waals surface area contributed by atoms with E-state index < -0.39 is 0 Å². The first-order valence-electron chi connectivity index (χ1n) is 6.67. The van der Waals surface area contributed by atoms with Crippen molar-refractivity contribution in [2.24, 2.45) is 17.8 Å². The van der Waals surface area contributed by atoms with Crippen molar-refractivity contribution in [1.82, 2.24) is 10.2 Å². The molecule has 88 valence electrons. The van der Waals surface area contributed by atoms with Gasteiger partial charge in [-0.05, 0) is 50.2 Å². The Morgan fingerprint density at radius 2 is 2.13 bits per heavy atom. The van der Waals surface area contributed by atoms with Gasteiger partial charge in [-0.3, -0.25) is 4.90 Å². The molecule has 0 radical (unpaired) electrons. The molecule has 2 heteroatoms. The molecule has 3 unspecified atom stereocenters. The van der Waals surface area contributed by atoms with Crippen LogP contribution in [0, 0.1) is 17.8 Å². The third kappa shape index (κ3) is 2.36. The smallest absolute Gasteiger partial charge is 0.0137 e. The summed E-state index contributed by atoms with van der Waals surface area (Å²) in [6.07, 6.45) is 2.70. The minimum Gasteiger partial charge on any atom is -0.316 e. The minimum absolute atomic E-state index is 0.848. The average molecular weight is 210 g/mol. The van der Waals surface area contributed by atoms with E-state index in [9.17, 15) is 0 Å². The Morgan fingerprint density at radius 1 is 1.33 bits per heavy atom. The van der Waals surface area contributed by atoms with Crippen molar-refractivity contribution in [2.45, 2.75) is 39.7 Å². The van der Waals surface area contributed by atoms with Crippen molar-refractivity contribution in [3.05, 3.63) is 0 Å². The topological polar surface area (TPSA) is 15.3 Å². The number of fused-ring (bicyclic) bond motifs is 1. The lowest BCUT2D eigenvalue weighted by atomic mass is 9.93. The summed E-state index contributed by atoms with van der Waals surface area (Å²) < 4.78 is 0. The molecule has 0 aromatic carbocycles. The number of rotatable bonds is 4. The van der Waals surface area contributed by atoms with Crippen LogP contribution in [-0.2, 0) is 0 Å². The van der Waals surface area contributed by atoms with Gasteiger partial charge in [0.1, 0.15) is 0 Å². The highest BCUT2D eigenvalue weighted by Gasteiger charge is 2.42. The Balaban J connectivity index is 1.89. The zero-order chi connectivity index (χ0) is 10.8. The number of hydrogen-bond acceptors (Lipinski definition) is 2. The summed E-state index contributed by atoms with van der Waals surface area (Å²) in [5.74, 6) is 2.74. The molecule has 0 spiro atoms. The van der Waals surface area contributed by atoms with Crippen molar-refractivity contribution < 1.29 is 0 Å². The lowest BCUT2D eigenvalue weighted by Crippen LogP contribution is -2.36. The Bertz CT molecular complexity index is 203.